The maximum atomic E-state index is 11.5. The van der Waals surface area contributed by atoms with Gasteiger partial charge in [0.25, 0.3) is 5.19 Å². The molecule has 2 aliphatic carbocycles. The van der Waals surface area contributed by atoms with Crippen LogP contribution in [0.2, 0.25) is 0 Å². The van der Waals surface area contributed by atoms with Gasteiger partial charge < -0.3 is 15.0 Å². The van der Waals surface area contributed by atoms with Crippen LogP contribution < -0.4 is 10.1 Å². The molecule has 4 rings (SSSR count). The molecule has 0 radical (unpaired) electrons. The minimum atomic E-state index is 0.129. The van der Waals surface area contributed by atoms with Crippen LogP contribution in [0.15, 0.2) is 0 Å². The molecule has 1 aromatic rings. The molecule has 1 aromatic heterocycles. The molecule has 1 aliphatic heterocycles. The zero-order chi connectivity index (χ0) is 16.5. The van der Waals surface area contributed by atoms with Gasteiger partial charge in [0.15, 0.2) is 0 Å². The van der Waals surface area contributed by atoms with Gasteiger partial charge in [-0.25, -0.2) is 4.98 Å². The Morgan fingerprint density at radius 3 is 2.71 bits per heavy atom. The Balaban J connectivity index is 1.26. The Kier molecular flexibility index (Phi) is 4.77. The number of ether oxygens (including phenoxy) is 1. The van der Waals surface area contributed by atoms with E-state index in [4.69, 9.17) is 4.74 Å². The van der Waals surface area contributed by atoms with Crippen LogP contribution in [0.1, 0.15) is 56.0 Å². The summed E-state index contributed by atoms with van der Waals surface area (Å²) < 4.78 is 6.16. The van der Waals surface area contributed by atoms with Crippen molar-refractivity contribution in [3.8, 4) is 5.19 Å². The molecule has 1 saturated heterocycles. The van der Waals surface area contributed by atoms with E-state index < -0.39 is 0 Å². The summed E-state index contributed by atoms with van der Waals surface area (Å²) in [5.74, 6) is 0.129. The van der Waals surface area contributed by atoms with Gasteiger partial charge >= 0.3 is 0 Å². The predicted octanol–water partition coefficient (Wildman–Crippen LogP) is 2.53. The van der Waals surface area contributed by atoms with Crippen LogP contribution in [0, 0.1) is 0 Å². The highest BCUT2D eigenvalue weighted by atomic mass is 32.1. The van der Waals surface area contributed by atoms with Crippen molar-refractivity contribution in [1.82, 2.24) is 15.2 Å². The van der Waals surface area contributed by atoms with Gasteiger partial charge in [-0.1, -0.05) is 24.7 Å². The van der Waals surface area contributed by atoms with Crippen molar-refractivity contribution in [3.05, 3.63) is 10.6 Å². The van der Waals surface area contributed by atoms with Crippen molar-refractivity contribution in [2.45, 2.75) is 76.5 Å². The molecule has 5 nitrogen and oxygen atoms in total. The number of likely N-dealkylation sites (tertiary alicyclic amines) is 1. The molecule has 0 aromatic carbocycles. The quantitative estimate of drug-likeness (QED) is 0.887. The molecular weight excluding hydrogens is 322 g/mol. The zero-order valence-electron chi connectivity index (χ0n) is 14.4. The van der Waals surface area contributed by atoms with E-state index in [1.165, 1.54) is 37.2 Å². The average Bonchev–Trinajstić information content (AvgIpc) is 3.05. The fourth-order valence-electron chi connectivity index (χ4n) is 3.94. The normalized spacial score (nSPS) is 25.3. The van der Waals surface area contributed by atoms with Crippen LogP contribution in [0.25, 0.3) is 0 Å². The number of nitrogens with zero attached hydrogens (tertiary/aromatic N) is 2. The Labute approximate surface area is 147 Å². The smallest absolute Gasteiger partial charge is 0.273 e. The lowest BCUT2D eigenvalue weighted by atomic mass is 9.90. The van der Waals surface area contributed by atoms with Crippen molar-refractivity contribution in [1.29, 1.82) is 0 Å². The van der Waals surface area contributed by atoms with Crippen LogP contribution in [0.5, 0.6) is 5.19 Å². The maximum absolute atomic E-state index is 11.5. The third-order valence-electron chi connectivity index (χ3n) is 5.65. The van der Waals surface area contributed by atoms with E-state index in [2.05, 4.69) is 15.2 Å². The molecule has 6 heteroatoms. The fourth-order valence-corrected chi connectivity index (χ4v) is 5.03. The first-order chi connectivity index (χ1) is 11.7. The summed E-state index contributed by atoms with van der Waals surface area (Å²) in [4.78, 5) is 20.1. The van der Waals surface area contributed by atoms with E-state index in [1.54, 1.807) is 11.3 Å². The van der Waals surface area contributed by atoms with Crippen LogP contribution in [0.4, 0.5) is 0 Å². The monoisotopic (exact) mass is 349 g/mol. The standard InChI is InChI=1S/C18H27N3O2S/c1-2-17(22)19-12-10-15-16(11-12)24-18(20-15)23-14-6-8-21(9-7-14)13-4-3-5-13/h12-14H,2-11H2,1H3,(H,19,22). The molecule has 1 amide bonds. The van der Waals surface area contributed by atoms with Crippen molar-refractivity contribution in [2.75, 3.05) is 13.1 Å². The summed E-state index contributed by atoms with van der Waals surface area (Å²) in [6, 6.07) is 1.08. The topological polar surface area (TPSA) is 54.5 Å². The third-order valence-corrected chi connectivity index (χ3v) is 6.66. The van der Waals surface area contributed by atoms with Crippen LogP contribution in [-0.4, -0.2) is 47.1 Å². The minimum Gasteiger partial charge on any atom is -0.467 e. The molecule has 1 atom stereocenters. The predicted molar refractivity (Wildman–Crippen MR) is 94.6 cm³/mol. The lowest BCUT2D eigenvalue weighted by Gasteiger charge is -2.41. The van der Waals surface area contributed by atoms with E-state index in [0.29, 0.717) is 12.5 Å². The van der Waals surface area contributed by atoms with Crippen LogP contribution >= 0.6 is 11.3 Å². The summed E-state index contributed by atoms with van der Waals surface area (Å²) in [5, 5.41) is 3.91. The summed E-state index contributed by atoms with van der Waals surface area (Å²) >= 11 is 1.68. The van der Waals surface area contributed by atoms with E-state index in [-0.39, 0.29) is 11.9 Å². The van der Waals surface area contributed by atoms with Crippen molar-refractivity contribution in [2.24, 2.45) is 0 Å². The number of hydrogen-bond acceptors (Lipinski definition) is 5. The molecule has 0 bridgehead atoms. The highest BCUT2D eigenvalue weighted by Gasteiger charge is 2.31. The zero-order valence-corrected chi connectivity index (χ0v) is 15.2. The minimum absolute atomic E-state index is 0.129. The average molecular weight is 350 g/mol. The maximum Gasteiger partial charge on any atom is 0.273 e. The number of carbonyl (C=O) groups excluding carboxylic acids is 1. The third kappa shape index (κ3) is 3.45. The first-order valence-electron chi connectivity index (χ1n) is 9.40. The molecule has 1 N–H and O–H groups in total. The second kappa shape index (κ2) is 7.00. The van der Waals surface area contributed by atoms with Crippen molar-refractivity contribution < 1.29 is 9.53 Å². The number of rotatable bonds is 5. The van der Waals surface area contributed by atoms with Gasteiger partial charge in [-0.05, 0) is 25.7 Å². The van der Waals surface area contributed by atoms with Gasteiger partial charge in [0.1, 0.15) is 6.10 Å². The Morgan fingerprint density at radius 2 is 2.08 bits per heavy atom. The first-order valence-corrected chi connectivity index (χ1v) is 10.2. The number of aromatic nitrogens is 1. The molecule has 24 heavy (non-hydrogen) atoms. The summed E-state index contributed by atoms with van der Waals surface area (Å²) in [5.41, 5.74) is 1.13. The lowest BCUT2D eigenvalue weighted by Crippen LogP contribution is -2.46. The van der Waals surface area contributed by atoms with Crippen molar-refractivity contribution in [3.63, 3.8) is 0 Å². The van der Waals surface area contributed by atoms with Gasteiger partial charge in [0.2, 0.25) is 5.91 Å². The van der Waals surface area contributed by atoms with Gasteiger partial charge in [0.05, 0.1) is 5.69 Å². The SMILES string of the molecule is CCC(=O)NC1Cc2nc(OC3CCN(C4CCC4)CC3)sc2C1. The summed E-state index contributed by atoms with van der Waals surface area (Å²) in [7, 11) is 0. The van der Waals surface area contributed by atoms with Gasteiger partial charge in [-0.3, -0.25) is 4.79 Å². The molecule has 3 aliphatic rings. The second-order valence-electron chi connectivity index (χ2n) is 7.31. The molecular formula is C18H27N3O2S. The largest absolute Gasteiger partial charge is 0.467 e. The molecule has 0 spiro atoms. The number of fused-ring (bicyclic) bond motifs is 1. The summed E-state index contributed by atoms with van der Waals surface area (Å²) in [6.07, 6.45) is 9.05. The fraction of sp³-hybridized carbons (Fsp3) is 0.778. The number of thiazole rings is 1. The van der Waals surface area contributed by atoms with Gasteiger partial charge in [-0.15, -0.1) is 0 Å². The molecule has 1 saturated carbocycles. The highest BCUT2D eigenvalue weighted by Crippen LogP contribution is 2.34. The Bertz CT molecular complexity index is 568. The van der Waals surface area contributed by atoms with Crippen LogP contribution in [-0.2, 0) is 17.6 Å². The Hall–Kier alpha value is -1.14. The lowest BCUT2D eigenvalue weighted by molar-refractivity contribution is -0.121. The molecule has 132 valence electrons. The van der Waals surface area contributed by atoms with E-state index in [9.17, 15) is 4.79 Å². The second-order valence-corrected chi connectivity index (χ2v) is 8.36. The van der Waals surface area contributed by atoms with Gasteiger partial charge in [-0.2, -0.15) is 0 Å². The number of amides is 1. The number of nitrogens with one attached hydrogen (secondary N) is 1. The van der Waals surface area contributed by atoms with E-state index in [0.717, 1.165) is 42.6 Å². The van der Waals surface area contributed by atoms with Crippen molar-refractivity contribution >= 4 is 17.2 Å². The molecule has 2 heterocycles. The number of carbonyl (C=O) groups is 1. The van der Waals surface area contributed by atoms with Crippen LogP contribution in [0.3, 0.4) is 0 Å². The number of piperidine rings is 1. The first kappa shape index (κ1) is 16.3. The number of hydrogen-bond donors (Lipinski definition) is 1. The molecule has 1 unspecified atom stereocenters. The van der Waals surface area contributed by atoms with E-state index in [1.807, 2.05) is 6.92 Å². The van der Waals surface area contributed by atoms with E-state index >= 15 is 0 Å². The Morgan fingerprint density at radius 1 is 1.29 bits per heavy atom. The molecule has 2 fully saturated rings. The van der Waals surface area contributed by atoms with Gasteiger partial charge in [0, 0.05) is 49.3 Å². The summed E-state index contributed by atoms with van der Waals surface area (Å²) in [6.45, 7) is 4.23. The highest BCUT2D eigenvalue weighted by molar-refractivity contribution is 7.13.